The van der Waals surface area contributed by atoms with Crippen molar-refractivity contribution in [2.45, 2.75) is 32.2 Å². The molecule has 1 aromatic rings. The molecule has 1 N–H and O–H groups in total. The van der Waals surface area contributed by atoms with E-state index < -0.39 is 0 Å². The minimum Gasteiger partial charge on any atom is -0.496 e. The second-order valence-electron chi connectivity index (χ2n) is 4.12. The Labute approximate surface area is 95.6 Å². The highest BCUT2D eigenvalue weighted by Gasteiger charge is 2.34. The minimum atomic E-state index is 0.528. The van der Waals surface area contributed by atoms with E-state index in [1.807, 2.05) is 11.3 Å². The Bertz CT molecular complexity index is 306. The molecule has 2 nitrogen and oxygen atoms in total. The maximum absolute atomic E-state index is 5.39. The number of hydrogen-bond acceptors (Lipinski definition) is 3. The van der Waals surface area contributed by atoms with Crippen molar-refractivity contribution < 1.29 is 4.74 Å². The SMILES string of the molecule is CCCNC(c1sccc1OC)C1CC1. The molecule has 0 aliphatic heterocycles. The number of ether oxygens (including phenoxy) is 1. The van der Waals surface area contributed by atoms with E-state index in [1.54, 1.807) is 7.11 Å². The molecule has 0 radical (unpaired) electrons. The highest BCUT2D eigenvalue weighted by Crippen LogP contribution is 2.45. The molecule has 3 heteroatoms. The van der Waals surface area contributed by atoms with E-state index in [2.05, 4.69) is 23.7 Å². The van der Waals surface area contributed by atoms with Gasteiger partial charge in [-0.05, 0) is 43.2 Å². The Hall–Kier alpha value is -0.540. The van der Waals surface area contributed by atoms with Gasteiger partial charge in [-0.3, -0.25) is 0 Å². The summed E-state index contributed by atoms with van der Waals surface area (Å²) < 4.78 is 5.39. The van der Waals surface area contributed by atoms with Crippen molar-refractivity contribution in [1.82, 2.24) is 5.32 Å². The zero-order valence-electron chi connectivity index (χ0n) is 9.45. The Morgan fingerprint density at radius 2 is 2.40 bits per heavy atom. The second kappa shape index (κ2) is 4.99. The summed E-state index contributed by atoms with van der Waals surface area (Å²) in [5.74, 6) is 1.89. The maximum Gasteiger partial charge on any atom is 0.134 e. The summed E-state index contributed by atoms with van der Waals surface area (Å²) in [4.78, 5) is 1.38. The average molecular weight is 225 g/mol. The topological polar surface area (TPSA) is 21.3 Å². The Morgan fingerprint density at radius 1 is 1.60 bits per heavy atom. The molecule has 84 valence electrons. The van der Waals surface area contributed by atoms with Crippen molar-refractivity contribution in [2.24, 2.45) is 5.92 Å². The standard InChI is InChI=1S/C12H19NOS/c1-3-7-13-11(9-4-5-9)12-10(14-2)6-8-15-12/h6,8-9,11,13H,3-5,7H2,1-2H3. The fraction of sp³-hybridized carbons (Fsp3) is 0.667. The molecular weight excluding hydrogens is 206 g/mol. The lowest BCUT2D eigenvalue weighted by atomic mass is 10.1. The zero-order chi connectivity index (χ0) is 10.7. The van der Waals surface area contributed by atoms with Crippen LogP contribution in [0.25, 0.3) is 0 Å². The maximum atomic E-state index is 5.39. The highest BCUT2D eigenvalue weighted by atomic mass is 32.1. The largest absolute Gasteiger partial charge is 0.496 e. The van der Waals surface area contributed by atoms with Gasteiger partial charge < -0.3 is 10.1 Å². The van der Waals surface area contributed by atoms with Crippen molar-refractivity contribution in [3.63, 3.8) is 0 Å². The summed E-state index contributed by atoms with van der Waals surface area (Å²) in [6, 6.07) is 2.60. The van der Waals surface area contributed by atoms with Gasteiger partial charge in [-0.1, -0.05) is 6.92 Å². The molecule has 1 fully saturated rings. The summed E-state index contributed by atoms with van der Waals surface area (Å²) in [7, 11) is 1.76. The van der Waals surface area contributed by atoms with Crippen molar-refractivity contribution in [3.8, 4) is 5.75 Å². The van der Waals surface area contributed by atoms with Crippen LogP contribution in [0.2, 0.25) is 0 Å². The summed E-state index contributed by atoms with van der Waals surface area (Å²) in [6.45, 7) is 3.31. The molecule has 1 aliphatic carbocycles. The van der Waals surface area contributed by atoms with Gasteiger partial charge in [-0.2, -0.15) is 0 Å². The van der Waals surface area contributed by atoms with Gasteiger partial charge in [0.15, 0.2) is 0 Å². The third-order valence-corrected chi connectivity index (χ3v) is 3.85. The summed E-state index contributed by atoms with van der Waals surface area (Å²) in [5.41, 5.74) is 0. The van der Waals surface area contributed by atoms with Crippen molar-refractivity contribution in [2.75, 3.05) is 13.7 Å². The second-order valence-corrected chi connectivity index (χ2v) is 5.07. The van der Waals surface area contributed by atoms with Crippen LogP contribution in [-0.2, 0) is 0 Å². The first-order valence-electron chi connectivity index (χ1n) is 5.71. The molecular formula is C12H19NOS. The third-order valence-electron chi connectivity index (χ3n) is 2.87. The molecule has 0 spiro atoms. The number of hydrogen-bond donors (Lipinski definition) is 1. The molecule has 1 saturated carbocycles. The normalized spacial score (nSPS) is 17.7. The van der Waals surface area contributed by atoms with Crippen LogP contribution in [0.1, 0.15) is 37.1 Å². The van der Waals surface area contributed by atoms with E-state index >= 15 is 0 Å². The number of nitrogens with one attached hydrogen (secondary N) is 1. The van der Waals surface area contributed by atoms with Crippen LogP contribution in [0.5, 0.6) is 5.75 Å². The lowest BCUT2D eigenvalue weighted by Crippen LogP contribution is -2.23. The van der Waals surface area contributed by atoms with Crippen molar-refractivity contribution in [1.29, 1.82) is 0 Å². The number of rotatable bonds is 6. The van der Waals surface area contributed by atoms with Crippen LogP contribution in [0.3, 0.4) is 0 Å². The third kappa shape index (κ3) is 2.52. The van der Waals surface area contributed by atoms with E-state index in [-0.39, 0.29) is 0 Å². The van der Waals surface area contributed by atoms with Gasteiger partial charge in [0.05, 0.1) is 12.0 Å². The Kier molecular flexibility index (Phi) is 3.65. The molecule has 15 heavy (non-hydrogen) atoms. The fourth-order valence-electron chi connectivity index (χ4n) is 1.91. The fourth-order valence-corrected chi connectivity index (χ4v) is 2.94. The molecule has 1 aromatic heterocycles. The van der Waals surface area contributed by atoms with Gasteiger partial charge >= 0.3 is 0 Å². The smallest absolute Gasteiger partial charge is 0.134 e. The van der Waals surface area contributed by atoms with E-state index in [0.29, 0.717) is 6.04 Å². The van der Waals surface area contributed by atoms with Crippen LogP contribution < -0.4 is 10.1 Å². The summed E-state index contributed by atoms with van der Waals surface area (Å²) in [6.07, 6.45) is 3.92. The van der Waals surface area contributed by atoms with Gasteiger partial charge in [-0.15, -0.1) is 11.3 Å². The predicted molar refractivity (Wildman–Crippen MR) is 64.6 cm³/mol. The van der Waals surface area contributed by atoms with E-state index in [9.17, 15) is 0 Å². The minimum absolute atomic E-state index is 0.528. The molecule has 1 unspecified atom stereocenters. The predicted octanol–water partition coefficient (Wildman–Crippen LogP) is 3.21. The average Bonchev–Trinajstić information content (AvgIpc) is 2.97. The van der Waals surface area contributed by atoms with E-state index in [4.69, 9.17) is 4.74 Å². The van der Waals surface area contributed by atoms with Crippen LogP contribution in [0.15, 0.2) is 11.4 Å². The van der Waals surface area contributed by atoms with Gasteiger partial charge in [0, 0.05) is 6.04 Å². The summed E-state index contributed by atoms with van der Waals surface area (Å²) >= 11 is 1.81. The van der Waals surface area contributed by atoms with E-state index in [0.717, 1.165) is 18.2 Å². The van der Waals surface area contributed by atoms with Gasteiger partial charge in [0.25, 0.3) is 0 Å². The lowest BCUT2D eigenvalue weighted by Gasteiger charge is -2.17. The first-order chi connectivity index (χ1) is 7.36. The number of thiophene rings is 1. The molecule has 0 amide bonds. The quantitative estimate of drug-likeness (QED) is 0.802. The van der Waals surface area contributed by atoms with Crippen LogP contribution in [-0.4, -0.2) is 13.7 Å². The van der Waals surface area contributed by atoms with Gasteiger partial charge in [0.2, 0.25) is 0 Å². The van der Waals surface area contributed by atoms with Crippen LogP contribution >= 0.6 is 11.3 Å². The van der Waals surface area contributed by atoms with Gasteiger partial charge in [0.1, 0.15) is 5.75 Å². The Balaban J connectivity index is 2.09. The highest BCUT2D eigenvalue weighted by molar-refractivity contribution is 7.10. The first-order valence-corrected chi connectivity index (χ1v) is 6.59. The molecule has 0 saturated heterocycles. The van der Waals surface area contributed by atoms with Crippen LogP contribution in [0, 0.1) is 5.92 Å². The monoisotopic (exact) mass is 225 g/mol. The molecule has 0 bridgehead atoms. The zero-order valence-corrected chi connectivity index (χ0v) is 10.3. The van der Waals surface area contributed by atoms with Crippen molar-refractivity contribution >= 4 is 11.3 Å². The lowest BCUT2D eigenvalue weighted by molar-refractivity contribution is 0.396. The van der Waals surface area contributed by atoms with Crippen molar-refractivity contribution in [3.05, 3.63) is 16.3 Å². The van der Waals surface area contributed by atoms with Gasteiger partial charge in [-0.25, -0.2) is 0 Å². The molecule has 2 rings (SSSR count). The molecule has 1 aliphatic rings. The molecule has 0 aromatic carbocycles. The molecule has 1 heterocycles. The van der Waals surface area contributed by atoms with E-state index in [1.165, 1.54) is 24.1 Å². The Morgan fingerprint density at radius 3 is 3.00 bits per heavy atom. The number of methoxy groups -OCH3 is 1. The first kappa shape index (κ1) is 11.0. The summed E-state index contributed by atoms with van der Waals surface area (Å²) in [5, 5.41) is 5.76. The molecule has 1 atom stereocenters. The van der Waals surface area contributed by atoms with Crippen LogP contribution in [0.4, 0.5) is 0 Å².